The number of ether oxygens (including phenoxy) is 1. The first kappa shape index (κ1) is 12.6. The van der Waals surface area contributed by atoms with Crippen molar-refractivity contribution in [3.63, 3.8) is 0 Å². The molecule has 0 aromatic heterocycles. The Morgan fingerprint density at radius 3 is 2.41 bits per heavy atom. The zero-order valence-electron chi connectivity index (χ0n) is 10.9. The fourth-order valence-electron chi connectivity index (χ4n) is 2.64. The first-order chi connectivity index (χ1) is 8.13. The highest BCUT2D eigenvalue weighted by Gasteiger charge is 2.38. The molecule has 2 nitrogen and oxygen atoms in total. The number of hydrogen-bond acceptors (Lipinski definition) is 2. The number of hydrogen-bond donors (Lipinski definition) is 1. The average Bonchev–Trinajstić information content (AvgIpc) is 2.27. The lowest BCUT2D eigenvalue weighted by Crippen LogP contribution is -2.44. The maximum atomic E-state index is 6.23. The molecule has 0 heterocycles. The molecule has 1 aromatic carbocycles. The van der Waals surface area contributed by atoms with Crippen LogP contribution in [-0.2, 0) is 11.2 Å². The van der Waals surface area contributed by atoms with Gasteiger partial charge in [-0.25, -0.2) is 0 Å². The Balaban J connectivity index is 1.88. The lowest BCUT2D eigenvalue weighted by atomic mass is 9.75. The van der Waals surface area contributed by atoms with Gasteiger partial charge in [-0.15, -0.1) is 0 Å². The normalized spacial score (nSPS) is 19.7. The van der Waals surface area contributed by atoms with Crippen molar-refractivity contribution in [3.05, 3.63) is 35.4 Å². The summed E-state index contributed by atoms with van der Waals surface area (Å²) in [4.78, 5) is 0. The molecule has 1 atom stereocenters. The largest absolute Gasteiger partial charge is 0.378 e. The highest BCUT2D eigenvalue weighted by atomic mass is 16.5. The summed E-state index contributed by atoms with van der Waals surface area (Å²) < 4.78 is 5.62. The van der Waals surface area contributed by atoms with Crippen LogP contribution < -0.4 is 5.73 Å². The maximum absolute atomic E-state index is 6.23. The van der Waals surface area contributed by atoms with Gasteiger partial charge in [0.1, 0.15) is 0 Å². The van der Waals surface area contributed by atoms with Crippen molar-refractivity contribution in [2.75, 3.05) is 7.11 Å². The van der Waals surface area contributed by atoms with Gasteiger partial charge in [-0.3, -0.25) is 0 Å². The first-order valence-electron chi connectivity index (χ1n) is 6.50. The molecule has 1 aromatic rings. The molecule has 94 valence electrons. The van der Waals surface area contributed by atoms with E-state index in [0.29, 0.717) is 0 Å². The minimum Gasteiger partial charge on any atom is -0.378 e. The number of methoxy groups -OCH3 is 1. The maximum Gasteiger partial charge on any atom is 0.0693 e. The van der Waals surface area contributed by atoms with Crippen molar-refractivity contribution in [1.29, 1.82) is 0 Å². The molecular formula is C15H23NO. The van der Waals surface area contributed by atoms with Crippen LogP contribution in [0.5, 0.6) is 0 Å². The monoisotopic (exact) mass is 233 g/mol. The summed E-state index contributed by atoms with van der Waals surface area (Å²) in [6, 6.07) is 8.86. The number of nitrogens with two attached hydrogens (primary N) is 1. The van der Waals surface area contributed by atoms with E-state index in [1.54, 1.807) is 0 Å². The Hall–Kier alpha value is -0.860. The number of rotatable bonds is 5. The molecule has 2 rings (SSSR count). The van der Waals surface area contributed by atoms with Crippen LogP contribution in [0.25, 0.3) is 0 Å². The van der Waals surface area contributed by atoms with Crippen molar-refractivity contribution in [2.45, 2.75) is 50.7 Å². The van der Waals surface area contributed by atoms with E-state index in [4.69, 9.17) is 10.5 Å². The summed E-state index contributed by atoms with van der Waals surface area (Å²) in [6.45, 7) is 2.11. The smallest absolute Gasteiger partial charge is 0.0693 e. The molecule has 1 saturated carbocycles. The lowest BCUT2D eigenvalue weighted by Gasteiger charge is -2.42. The topological polar surface area (TPSA) is 35.2 Å². The Kier molecular flexibility index (Phi) is 3.85. The second-order valence-corrected chi connectivity index (χ2v) is 5.39. The molecule has 1 fully saturated rings. The quantitative estimate of drug-likeness (QED) is 0.848. The minimum absolute atomic E-state index is 0.0874. The van der Waals surface area contributed by atoms with Crippen LogP contribution in [0.2, 0.25) is 0 Å². The number of benzene rings is 1. The summed E-state index contributed by atoms with van der Waals surface area (Å²) in [6.07, 6.45) is 5.56. The molecule has 0 radical (unpaired) electrons. The van der Waals surface area contributed by atoms with Crippen molar-refractivity contribution in [2.24, 2.45) is 5.73 Å². The van der Waals surface area contributed by atoms with Crippen LogP contribution in [0.1, 0.15) is 36.8 Å². The van der Waals surface area contributed by atoms with Gasteiger partial charge in [-0.2, -0.15) is 0 Å². The summed E-state index contributed by atoms with van der Waals surface area (Å²) in [5.74, 6) is 0. The summed E-state index contributed by atoms with van der Waals surface area (Å²) in [5, 5.41) is 0. The molecule has 1 unspecified atom stereocenters. The Bertz CT molecular complexity index is 348. The number of aryl methyl sites for hydroxylation is 1. The van der Waals surface area contributed by atoms with Crippen LogP contribution in [-0.4, -0.2) is 18.8 Å². The second kappa shape index (κ2) is 5.19. The zero-order chi connectivity index (χ0) is 12.3. The van der Waals surface area contributed by atoms with Gasteiger partial charge in [0, 0.05) is 13.2 Å². The average molecular weight is 233 g/mol. The van der Waals surface area contributed by atoms with E-state index in [9.17, 15) is 0 Å². The van der Waals surface area contributed by atoms with E-state index in [1.807, 2.05) is 7.11 Å². The van der Waals surface area contributed by atoms with Crippen molar-refractivity contribution < 1.29 is 4.74 Å². The molecule has 1 aliphatic rings. The van der Waals surface area contributed by atoms with E-state index in [0.717, 1.165) is 12.8 Å². The molecule has 0 amide bonds. The molecular weight excluding hydrogens is 210 g/mol. The van der Waals surface area contributed by atoms with Crippen LogP contribution >= 0.6 is 0 Å². The van der Waals surface area contributed by atoms with E-state index in [-0.39, 0.29) is 11.6 Å². The zero-order valence-corrected chi connectivity index (χ0v) is 10.9. The van der Waals surface area contributed by atoms with Gasteiger partial charge in [-0.05, 0) is 44.6 Å². The fourth-order valence-corrected chi connectivity index (χ4v) is 2.64. The molecule has 2 heteroatoms. The Labute approximate surface area is 104 Å². The van der Waals surface area contributed by atoms with Gasteiger partial charge < -0.3 is 10.5 Å². The van der Waals surface area contributed by atoms with Crippen LogP contribution in [0, 0.1) is 6.92 Å². The SMILES string of the molecule is COC1(CC(N)Cc2ccc(C)cc2)CCC1. The Morgan fingerprint density at radius 1 is 1.29 bits per heavy atom. The second-order valence-electron chi connectivity index (χ2n) is 5.39. The molecule has 1 aliphatic carbocycles. The molecule has 0 saturated heterocycles. The Morgan fingerprint density at radius 2 is 1.94 bits per heavy atom. The minimum atomic E-state index is 0.0874. The molecule has 0 spiro atoms. The highest BCUT2D eigenvalue weighted by molar-refractivity contribution is 5.22. The fraction of sp³-hybridized carbons (Fsp3) is 0.600. The van der Waals surface area contributed by atoms with Crippen LogP contribution in [0.3, 0.4) is 0 Å². The van der Waals surface area contributed by atoms with E-state index in [2.05, 4.69) is 31.2 Å². The van der Waals surface area contributed by atoms with Gasteiger partial charge in [0.2, 0.25) is 0 Å². The summed E-state index contributed by atoms with van der Waals surface area (Å²) in [5.41, 5.74) is 8.95. The third-order valence-corrected chi connectivity index (χ3v) is 3.95. The molecule has 17 heavy (non-hydrogen) atoms. The summed E-state index contributed by atoms with van der Waals surface area (Å²) in [7, 11) is 1.82. The predicted molar refractivity (Wildman–Crippen MR) is 71.1 cm³/mol. The molecule has 0 aliphatic heterocycles. The van der Waals surface area contributed by atoms with Crippen LogP contribution in [0.4, 0.5) is 0 Å². The van der Waals surface area contributed by atoms with Crippen molar-refractivity contribution in [3.8, 4) is 0 Å². The molecule has 0 bridgehead atoms. The summed E-state index contributed by atoms with van der Waals surface area (Å²) >= 11 is 0. The first-order valence-corrected chi connectivity index (χ1v) is 6.50. The van der Waals surface area contributed by atoms with Gasteiger partial charge in [-0.1, -0.05) is 29.8 Å². The van der Waals surface area contributed by atoms with Gasteiger partial charge in [0.25, 0.3) is 0 Å². The van der Waals surface area contributed by atoms with E-state index < -0.39 is 0 Å². The van der Waals surface area contributed by atoms with E-state index in [1.165, 1.54) is 30.4 Å². The highest BCUT2D eigenvalue weighted by Crippen LogP contribution is 2.38. The lowest BCUT2D eigenvalue weighted by molar-refractivity contribution is -0.0813. The van der Waals surface area contributed by atoms with Gasteiger partial charge >= 0.3 is 0 Å². The standard InChI is InChI=1S/C15H23NO/c1-12-4-6-13(7-5-12)10-14(16)11-15(17-2)8-3-9-15/h4-7,14H,3,8-11,16H2,1-2H3. The van der Waals surface area contributed by atoms with Gasteiger partial charge in [0.05, 0.1) is 5.60 Å². The van der Waals surface area contributed by atoms with Crippen LogP contribution in [0.15, 0.2) is 24.3 Å². The third-order valence-electron chi connectivity index (χ3n) is 3.95. The van der Waals surface area contributed by atoms with Gasteiger partial charge in [0.15, 0.2) is 0 Å². The van der Waals surface area contributed by atoms with Crippen molar-refractivity contribution >= 4 is 0 Å². The predicted octanol–water partition coefficient (Wildman–Crippen LogP) is 2.82. The third kappa shape index (κ3) is 3.08. The molecule has 2 N–H and O–H groups in total. The van der Waals surface area contributed by atoms with Crippen molar-refractivity contribution in [1.82, 2.24) is 0 Å². The van der Waals surface area contributed by atoms with E-state index >= 15 is 0 Å².